The van der Waals surface area contributed by atoms with Crippen LogP contribution < -0.4 is 10.2 Å². The van der Waals surface area contributed by atoms with Crippen LogP contribution in [0.5, 0.6) is 0 Å². The summed E-state index contributed by atoms with van der Waals surface area (Å²) in [6.45, 7) is 4.90. The molecule has 0 saturated heterocycles. The summed E-state index contributed by atoms with van der Waals surface area (Å²) in [7, 11) is 0. The van der Waals surface area contributed by atoms with E-state index in [1.165, 1.54) is 0 Å². The van der Waals surface area contributed by atoms with Gasteiger partial charge in [-0.1, -0.05) is 13.8 Å². The monoisotopic (exact) mass is 390 g/mol. The van der Waals surface area contributed by atoms with Gasteiger partial charge < -0.3 is 14.6 Å². The number of hydrogen-bond donors (Lipinski definition) is 1. The van der Waals surface area contributed by atoms with Gasteiger partial charge in [0.2, 0.25) is 5.91 Å². The molecule has 0 fully saturated rings. The predicted molar refractivity (Wildman–Crippen MR) is 96.3 cm³/mol. The molecule has 0 spiro atoms. The topological polar surface area (TPSA) is 62.6 Å². The number of hydrogen-bond acceptors (Lipinski definition) is 3. The van der Waals surface area contributed by atoms with Crippen LogP contribution >= 0.6 is 15.9 Å². The minimum absolute atomic E-state index is 0.161. The Bertz CT molecular complexity index is 782. The molecule has 2 heterocycles. The summed E-state index contributed by atoms with van der Waals surface area (Å²) < 4.78 is 5.77. The third kappa shape index (κ3) is 3.53. The maximum atomic E-state index is 12.2. The molecule has 2 aromatic rings. The minimum Gasteiger partial charge on any atom is -0.444 e. The molecule has 126 valence electrons. The Labute approximate surface area is 149 Å². The van der Waals surface area contributed by atoms with Gasteiger partial charge in [-0.25, -0.2) is 0 Å². The fourth-order valence-electron chi connectivity index (χ4n) is 2.83. The molecule has 1 aromatic carbocycles. The van der Waals surface area contributed by atoms with E-state index < -0.39 is 0 Å². The molecule has 3 rings (SSSR count). The maximum absolute atomic E-state index is 12.2. The largest absolute Gasteiger partial charge is 0.444 e. The number of fused-ring (bicyclic) bond motifs is 1. The molecule has 1 aliphatic rings. The van der Waals surface area contributed by atoms with E-state index in [-0.39, 0.29) is 17.6 Å². The van der Waals surface area contributed by atoms with Crippen LogP contribution in [0.2, 0.25) is 0 Å². The van der Waals surface area contributed by atoms with Gasteiger partial charge in [0.05, 0.1) is 0 Å². The molecule has 24 heavy (non-hydrogen) atoms. The zero-order valence-electron chi connectivity index (χ0n) is 13.6. The normalized spacial score (nSPS) is 14.0. The number of carbonyl (C=O) groups excluding carboxylic acids is 2. The van der Waals surface area contributed by atoms with Gasteiger partial charge in [0, 0.05) is 24.3 Å². The van der Waals surface area contributed by atoms with E-state index in [9.17, 15) is 9.59 Å². The fraction of sp³-hybridized carbons (Fsp3) is 0.333. The highest BCUT2D eigenvalue weighted by molar-refractivity contribution is 9.10. The van der Waals surface area contributed by atoms with Crippen LogP contribution in [-0.2, 0) is 11.2 Å². The van der Waals surface area contributed by atoms with Crippen molar-refractivity contribution in [2.24, 2.45) is 5.92 Å². The van der Waals surface area contributed by atoms with Crippen LogP contribution in [0.15, 0.2) is 39.4 Å². The smallest absolute Gasteiger partial charge is 0.291 e. The average molecular weight is 391 g/mol. The predicted octanol–water partition coefficient (Wildman–Crippen LogP) is 4.23. The van der Waals surface area contributed by atoms with Crippen molar-refractivity contribution in [1.29, 1.82) is 0 Å². The molecular formula is C18H19BrN2O3. The quantitative estimate of drug-likeness (QED) is 0.849. The highest BCUT2D eigenvalue weighted by Crippen LogP contribution is 2.31. The van der Waals surface area contributed by atoms with Crippen LogP contribution in [-0.4, -0.2) is 18.4 Å². The number of aryl methyl sites for hydroxylation is 1. The maximum Gasteiger partial charge on any atom is 0.291 e. The first-order valence-electron chi connectivity index (χ1n) is 7.94. The molecule has 6 heteroatoms. The van der Waals surface area contributed by atoms with Crippen LogP contribution in [0.1, 0.15) is 36.4 Å². The van der Waals surface area contributed by atoms with E-state index in [0.717, 1.165) is 11.3 Å². The third-order valence-electron chi connectivity index (χ3n) is 3.88. The molecule has 2 amide bonds. The first-order valence-corrected chi connectivity index (χ1v) is 8.73. The second-order valence-electron chi connectivity index (χ2n) is 6.30. The molecule has 0 saturated carbocycles. The summed E-state index contributed by atoms with van der Waals surface area (Å²) in [5.41, 5.74) is 2.72. The van der Waals surface area contributed by atoms with E-state index in [2.05, 4.69) is 35.1 Å². The highest BCUT2D eigenvalue weighted by Gasteiger charge is 2.25. The third-order valence-corrected chi connectivity index (χ3v) is 4.31. The van der Waals surface area contributed by atoms with Gasteiger partial charge in [-0.15, -0.1) is 0 Å². The van der Waals surface area contributed by atoms with Crippen LogP contribution in [0.25, 0.3) is 0 Å². The Balaban J connectivity index is 1.81. The molecule has 1 N–H and O–H groups in total. The standard InChI is InChI=1S/C18H19BrN2O3/c1-11(2)10-21-14-5-4-13(9-12(14)3-8-17(21)22)20-18(23)15-6-7-16(19)24-15/h4-7,9,11H,3,8,10H2,1-2H3,(H,20,23). The number of anilines is 2. The number of nitrogens with one attached hydrogen (secondary N) is 1. The van der Waals surface area contributed by atoms with Crippen molar-refractivity contribution in [3.05, 3.63) is 46.3 Å². The summed E-state index contributed by atoms with van der Waals surface area (Å²) >= 11 is 3.18. The Morgan fingerprint density at radius 2 is 2.08 bits per heavy atom. The van der Waals surface area contributed by atoms with Gasteiger partial charge in [-0.05, 0) is 64.2 Å². The minimum atomic E-state index is -0.299. The van der Waals surface area contributed by atoms with Crippen LogP contribution in [0.4, 0.5) is 11.4 Å². The van der Waals surface area contributed by atoms with E-state index in [1.54, 1.807) is 12.1 Å². The Hall–Kier alpha value is -2.08. The summed E-state index contributed by atoms with van der Waals surface area (Å²) in [6, 6.07) is 8.95. The number of benzene rings is 1. The number of amides is 2. The zero-order chi connectivity index (χ0) is 17.3. The Morgan fingerprint density at radius 3 is 2.75 bits per heavy atom. The number of furan rings is 1. The SMILES string of the molecule is CC(C)CN1C(=O)CCc2cc(NC(=O)c3ccc(Br)o3)ccc21. The van der Waals surface area contributed by atoms with Gasteiger partial charge in [0.15, 0.2) is 10.4 Å². The lowest BCUT2D eigenvalue weighted by atomic mass is 9.99. The van der Waals surface area contributed by atoms with Crippen LogP contribution in [0, 0.1) is 5.92 Å². The van der Waals surface area contributed by atoms with Gasteiger partial charge in [-0.3, -0.25) is 9.59 Å². The second-order valence-corrected chi connectivity index (χ2v) is 7.08. The van der Waals surface area contributed by atoms with Gasteiger partial charge in [-0.2, -0.15) is 0 Å². The molecule has 1 aliphatic heterocycles. The molecule has 0 aliphatic carbocycles. The molecular weight excluding hydrogens is 372 g/mol. The number of rotatable bonds is 4. The average Bonchev–Trinajstić information content (AvgIpc) is 2.96. The van der Waals surface area contributed by atoms with Crippen molar-refractivity contribution >= 4 is 39.1 Å². The van der Waals surface area contributed by atoms with E-state index in [1.807, 2.05) is 23.1 Å². The Kier molecular flexibility index (Phi) is 4.76. The van der Waals surface area contributed by atoms with E-state index >= 15 is 0 Å². The number of carbonyl (C=O) groups is 2. The van der Waals surface area contributed by atoms with E-state index in [0.29, 0.717) is 35.7 Å². The van der Waals surface area contributed by atoms with Crippen molar-refractivity contribution in [3.8, 4) is 0 Å². The lowest BCUT2D eigenvalue weighted by Gasteiger charge is -2.31. The molecule has 0 bridgehead atoms. The van der Waals surface area contributed by atoms with Gasteiger partial charge in [0.1, 0.15) is 0 Å². The van der Waals surface area contributed by atoms with Crippen molar-refractivity contribution in [3.63, 3.8) is 0 Å². The van der Waals surface area contributed by atoms with E-state index in [4.69, 9.17) is 4.42 Å². The number of halogens is 1. The molecule has 5 nitrogen and oxygen atoms in total. The zero-order valence-corrected chi connectivity index (χ0v) is 15.2. The lowest BCUT2D eigenvalue weighted by molar-refractivity contribution is -0.119. The molecule has 0 unspecified atom stereocenters. The van der Waals surface area contributed by atoms with Crippen LogP contribution in [0.3, 0.4) is 0 Å². The number of nitrogens with zero attached hydrogens (tertiary/aromatic N) is 1. The first kappa shape index (κ1) is 16.8. The highest BCUT2D eigenvalue weighted by atomic mass is 79.9. The summed E-state index contributed by atoms with van der Waals surface area (Å²) in [5.74, 6) is 0.507. The summed E-state index contributed by atoms with van der Waals surface area (Å²) in [5, 5.41) is 2.83. The van der Waals surface area contributed by atoms with Crippen molar-refractivity contribution in [1.82, 2.24) is 0 Å². The summed E-state index contributed by atoms with van der Waals surface area (Å²) in [6.07, 6.45) is 1.20. The van der Waals surface area contributed by atoms with Gasteiger partial charge >= 0.3 is 0 Å². The Morgan fingerprint density at radius 1 is 1.29 bits per heavy atom. The lowest BCUT2D eigenvalue weighted by Crippen LogP contribution is -2.37. The van der Waals surface area contributed by atoms with Crippen molar-refractivity contribution < 1.29 is 14.0 Å². The second kappa shape index (κ2) is 6.81. The molecule has 0 atom stereocenters. The van der Waals surface area contributed by atoms with Gasteiger partial charge in [0.25, 0.3) is 5.91 Å². The fourth-order valence-corrected chi connectivity index (χ4v) is 3.14. The summed E-state index contributed by atoms with van der Waals surface area (Å²) in [4.78, 5) is 26.2. The van der Waals surface area contributed by atoms with Crippen molar-refractivity contribution in [2.45, 2.75) is 26.7 Å². The molecule has 1 aromatic heterocycles. The van der Waals surface area contributed by atoms with Crippen molar-refractivity contribution in [2.75, 3.05) is 16.8 Å². The first-order chi connectivity index (χ1) is 11.4. The molecule has 0 radical (unpaired) electrons.